The highest BCUT2D eigenvalue weighted by molar-refractivity contribution is 7.99. The molecule has 0 aliphatic heterocycles. The van der Waals surface area contributed by atoms with E-state index in [1.807, 2.05) is 0 Å². The highest BCUT2D eigenvalue weighted by Gasteiger charge is 2.12. The Bertz CT molecular complexity index is 319. The Kier molecular flexibility index (Phi) is 4.07. The van der Waals surface area contributed by atoms with Crippen LogP contribution in [0.5, 0.6) is 0 Å². The Labute approximate surface area is 85.5 Å². The van der Waals surface area contributed by atoms with Crippen LogP contribution in [0.1, 0.15) is 5.56 Å². The van der Waals surface area contributed by atoms with Crippen molar-refractivity contribution in [3.05, 3.63) is 35.4 Å². The Balaban J connectivity index is 2.80. The van der Waals surface area contributed by atoms with Gasteiger partial charge in [-0.1, -0.05) is 6.07 Å². The Hall–Kier alpha value is -0.900. The standard InChI is InChI=1S/C10H10F2OS/c1-14-6-7(13)5-8-9(11)3-2-4-10(8)12/h2-4H,5-6H2,1H3. The lowest BCUT2D eigenvalue weighted by Gasteiger charge is -2.02. The Morgan fingerprint density at radius 2 is 1.93 bits per heavy atom. The highest BCUT2D eigenvalue weighted by atomic mass is 32.2. The minimum atomic E-state index is -0.653. The van der Waals surface area contributed by atoms with E-state index < -0.39 is 11.6 Å². The fraction of sp³-hybridized carbons (Fsp3) is 0.300. The number of halogens is 2. The molecule has 0 fully saturated rings. The van der Waals surface area contributed by atoms with Crippen LogP contribution >= 0.6 is 11.8 Å². The lowest BCUT2D eigenvalue weighted by molar-refractivity contribution is -0.116. The van der Waals surface area contributed by atoms with Gasteiger partial charge in [0.2, 0.25) is 0 Å². The molecule has 0 saturated carbocycles. The topological polar surface area (TPSA) is 17.1 Å². The van der Waals surface area contributed by atoms with Crippen LogP contribution in [0, 0.1) is 11.6 Å². The average molecular weight is 216 g/mol. The summed E-state index contributed by atoms with van der Waals surface area (Å²) in [5.41, 5.74) is -0.133. The maximum atomic E-state index is 13.1. The molecule has 0 saturated heterocycles. The molecule has 0 atom stereocenters. The summed E-state index contributed by atoms with van der Waals surface area (Å²) in [4.78, 5) is 11.2. The summed E-state index contributed by atoms with van der Waals surface area (Å²) in [5.74, 6) is -1.19. The van der Waals surface area contributed by atoms with Gasteiger partial charge in [-0.15, -0.1) is 0 Å². The largest absolute Gasteiger partial charge is 0.298 e. The Morgan fingerprint density at radius 3 is 2.43 bits per heavy atom. The molecule has 0 unspecified atom stereocenters. The maximum absolute atomic E-state index is 13.1. The molecule has 1 aromatic rings. The van der Waals surface area contributed by atoms with Crippen molar-refractivity contribution in [3.63, 3.8) is 0 Å². The summed E-state index contributed by atoms with van der Waals surface area (Å²) in [6.07, 6.45) is 1.61. The van der Waals surface area contributed by atoms with Gasteiger partial charge in [0.05, 0.1) is 5.75 Å². The summed E-state index contributed by atoms with van der Waals surface area (Å²) in [6, 6.07) is 3.60. The summed E-state index contributed by atoms with van der Waals surface area (Å²) >= 11 is 1.35. The highest BCUT2D eigenvalue weighted by Crippen LogP contribution is 2.13. The molecule has 0 amide bonds. The number of carbonyl (C=O) groups is 1. The summed E-state index contributed by atoms with van der Waals surface area (Å²) in [6.45, 7) is 0. The maximum Gasteiger partial charge on any atom is 0.147 e. The minimum Gasteiger partial charge on any atom is -0.298 e. The van der Waals surface area contributed by atoms with E-state index >= 15 is 0 Å². The average Bonchev–Trinajstić information content (AvgIpc) is 2.12. The van der Waals surface area contributed by atoms with E-state index in [-0.39, 0.29) is 23.5 Å². The van der Waals surface area contributed by atoms with Crippen molar-refractivity contribution in [1.29, 1.82) is 0 Å². The summed E-state index contributed by atoms with van der Waals surface area (Å²) in [7, 11) is 0. The second-order valence-corrected chi connectivity index (χ2v) is 3.71. The van der Waals surface area contributed by atoms with Gasteiger partial charge < -0.3 is 0 Å². The zero-order valence-electron chi connectivity index (χ0n) is 7.72. The molecule has 1 rings (SSSR count). The number of thioether (sulfide) groups is 1. The van der Waals surface area contributed by atoms with Crippen molar-refractivity contribution in [2.75, 3.05) is 12.0 Å². The van der Waals surface area contributed by atoms with E-state index in [0.29, 0.717) is 0 Å². The molecule has 0 aliphatic carbocycles. The molecule has 0 spiro atoms. The molecule has 0 radical (unpaired) electrons. The molecule has 0 N–H and O–H groups in total. The molecule has 0 aromatic heterocycles. The number of carbonyl (C=O) groups excluding carboxylic acids is 1. The van der Waals surface area contributed by atoms with Gasteiger partial charge in [-0.3, -0.25) is 4.79 Å². The lowest BCUT2D eigenvalue weighted by Crippen LogP contribution is -2.08. The van der Waals surface area contributed by atoms with E-state index in [2.05, 4.69) is 0 Å². The first-order valence-corrected chi connectivity index (χ1v) is 5.48. The summed E-state index contributed by atoms with van der Waals surface area (Å²) in [5, 5.41) is 0. The second-order valence-electron chi connectivity index (χ2n) is 2.85. The molecule has 14 heavy (non-hydrogen) atoms. The van der Waals surface area contributed by atoms with Crippen LogP contribution in [0.25, 0.3) is 0 Å². The quantitative estimate of drug-likeness (QED) is 0.769. The molecule has 0 bridgehead atoms. The third kappa shape index (κ3) is 2.80. The first kappa shape index (κ1) is 11.2. The lowest BCUT2D eigenvalue weighted by atomic mass is 10.1. The number of hydrogen-bond acceptors (Lipinski definition) is 2. The third-order valence-electron chi connectivity index (χ3n) is 1.74. The van der Waals surface area contributed by atoms with Gasteiger partial charge in [0.15, 0.2) is 0 Å². The van der Waals surface area contributed by atoms with E-state index in [4.69, 9.17) is 0 Å². The van der Waals surface area contributed by atoms with Crippen molar-refractivity contribution in [2.24, 2.45) is 0 Å². The first-order chi connectivity index (χ1) is 6.65. The van der Waals surface area contributed by atoms with E-state index in [1.54, 1.807) is 6.26 Å². The first-order valence-electron chi connectivity index (χ1n) is 4.08. The van der Waals surface area contributed by atoms with Crippen LogP contribution in [-0.4, -0.2) is 17.8 Å². The van der Waals surface area contributed by atoms with Crippen molar-refractivity contribution >= 4 is 17.5 Å². The van der Waals surface area contributed by atoms with E-state index in [9.17, 15) is 13.6 Å². The van der Waals surface area contributed by atoms with Crippen LogP contribution in [0.2, 0.25) is 0 Å². The SMILES string of the molecule is CSCC(=O)Cc1c(F)cccc1F. The van der Waals surface area contributed by atoms with Crippen molar-refractivity contribution in [1.82, 2.24) is 0 Å². The van der Waals surface area contributed by atoms with Crippen molar-refractivity contribution in [2.45, 2.75) is 6.42 Å². The molecule has 0 heterocycles. The number of benzene rings is 1. The second kappa shape index (κ2) is 5.10. The van der Waals surface area contributed by atoms with Gasteiger partial charge in [-0.25, -0.2) is 8.78 Å². The smallest absolute Gasteiger partial charge is 0.147 e. The minimum absolute atomic E-state index is 0.133. The van der Waals surface area contributed by atoms with E-state index in [0.717, 1.165) is 12.1 Å². The molecule has 1 aromatic carbocycles. The number of rotatable bonds is 4. The molecule has 4 heteroatoms. The fourth-order valence-electron chi connectivity index (χ4n) is 1.11. The molecule has 1 nitrogen and oxygen atoms in total. The van der Waals surface area contributed by atoms with Gasteiger partial charge in [0.25, 0.3) is 0 Å². The van der Waals surface area contributed by atoms with Crippen molar-refractivity contribution in [3.8, 4) is 0 Å². The number of hydrogen-bond donors (Lipinski definition) is 0. The third-order valence-corrected chi connectivity index (χ3v) is 2.35. The number of ketones is 1. The monoisotopic (exact) mass is 216 g/mol. The van der Waals surface area contributed by atoms with Gasteiger partial charge in [-0.05, 0) is 18.4 Å². The van der Waals surface area contributed by atoms with E-state index in [1.165, 1.54) is 17.8 Å². The molecular weight excluding hydrogens is 206 g/mol. The predicted octanol–water partition coefficient (Wildman–Crippen LogP) is 2.44. The van der Waals surface area contributed by atoms with Gasteiger partial charge in [0, 0.05) is 12.0 Å². The molecule has 76 valence electrons. The van der Waals surface area contributed by atoms with Crippen molar-refractivity contribution < 1.29 is 13.6 Å². The van der Waals surface area contributed by atoms with Gasteiger partial charge in [-0.2, -0.15) is 11.8 Å². The van der Waals surface area contributed by atoms with Crippen LogP contribution in [0.4, 0.5) is 8.78 Å². The molecular formula is C10H10F2OS. The van der Waals surface area contributed by atoms with Crippen LogP contribution < -0.4 is 0 Å². The van der Waals surface area contributed by atoms with Crippen LogP contribution in [-0.2, 0) is 11.2 Å². The molecule has 0 aliphatic rings. The number of Topliss-reactive ketones (excluding diaryl/α,β-unsaturated/α-hetero) is 1. The van der Waals surface area contributed by atoms with Crippen LogP contribution in [0.15, 0.2) is 18.2 Å². The van der Waals surface area contributed by atoms with Crippen LogP contribution in [0.3, 0.4) is 0 Å². The fourth-order valence-corrected chi connectivity index (χ4v) is 1.53. The zero-order chi connectivity index (χ0) is 10.6. The van der Waals surface area contributed by atoms with Gasteiger partial charge >= 0.3 is 0 Å². The zero-order valence-corrected chi connectivity index (χ0v) is 8.54. The predicted molar refractivity (Wildman–Crippen MR) is 53.5 cm³/mol. The van der Waals surface area contributed by atoms with Gasteiger partial charge in [0.1, 0.15) is 17.4 Å². The Morgan fingerprint density at radius 1 is 1.36 bits per heavy atom. The normalized spacial score (nSPS) is 10.2. The summed E-state index contributed by atoms with van der Waals surface area (Å²) < 4.78 is 26.1.